The molecule has 0 bridgehead atoms. The number of nitrogens with zero attached hydrogens (tertiary/aromatic N) is 1. The fourth-order valence-corrected chi connectivity index (χ4v) is 5.02. The molecule has 0 aliphatic carbocycles. The van der Waals surface area contributed by atoms with E-state index in [4.69, 9.17) is 11.6 Å². The highest BCUT2D eigenvalue weighted by atomic mass is 127. The van der Waals surface area contributed by atoms with Gasteiger partial charge in [-0.05, 0) is 22.8 Å². The largest absolute Gasteiger partial charge is 0.331 e. The van der Waals surface area contributed by atoms with Crippen LogP contribution in [0.3, 0.4) is 0 Å². The van der Waals surface area contributed by atoms with Crippen LogP contribution in [0.15, 0.2) is 42.7 Å². The van der Waals surface area contributed by atoms with E-state index in [9.17, 15) is 9.18 Å². The molecule has 23 heavy (non-hydrogen) atoms. The van der Waals surface area contributed by atoms with Crippen molar-refractivity contribution in [2.45, 2.75) is 16.9 Å². The second-order valence-electron chi connectivity index (χ2n) is 5.40. The van der Waals surface area contributed by atoms with E-state index < -0.39 is 11.7 Å². The van der Waals surface area contributed by atoms with Gasteiger partial charge in [0.05, 0.1) is 10.9 Å². The van der Waals surface area contributed by atoms with Crippen LogP contribution in [0.2, 0.25) is 4.34 Å². The summed E-state index contributed by atoms with van der Waals surface area (Å²) >= 11 is 9.97. The molecule has 1 aliphatic heterocycles. The second kappa shape index (κ2) is 6.91. The number of carbonyl (C=O) groups excluding carboxylic acids is 1. The molecule has 0 N–H and O–H groups in total. The molecule has 1 amide bonds. The monoisotopic (exact) mass is 461 g/mol. The summed E-state index contributed by atoms with van der Waals surface area (Å²) in [5, 5.41) is 0. The fourth-order valence-electron chi connectivity index (χ4n) is 2.97. The van der Waals surface area contributed by atoms with Gasteiger partial charge in [-0.25, -0.2) is 4.39 Å². The first kappa shape index (κ1) is 16.9. The molecule has 120 valence electrons. The number of benzene rings is 1. The summed E-state index contributed by atoms with van der Waals surface area (Å²) in [6, 6.07) is 10.1. The summed E-state index contributed by atoms with van der Waals surface area (Å²) in [5.74, 6) is -1.55. The van der Waals surface area contributed by atoms with Crippen molar-refractivity contribution in [2.75, 3.05) is 6.54 Å². The molecule has 0 saturated heterocycles. The third-order valence-corrected chi connectivity index (χ3v) is 6.10. The first-order valence-electron chi connectivity index (χ1n) is 7.06. The summed E-state index contributed by atoms with van der Waals surface area (Å²) in [4.78, 5) is 14.6. The van der Waals surface area contributed by atoms with E-state index >= 15 is 0 Å². The highest BCUT2D eigenvalue weighted by Crippen LogP contribution is 2.41. The van der Waals surface area contributed by atoms with Crippen LogP contribution in [0.5, 0.6) is 0 Å². The summed E-state index contributed by atoms with van der Waals surface area (Å²) in [6.07, 6.45) is 0. The Labute approximate surface area is 157 Å². The lowest BCUT2D eigenvalue weighted by atomic mass is 9.86. The average molecular weight is 462 g/mol. The molecular formula is C17H14ClFINOS. The Balaban J connectivity index is 2.07. The molecule has 0 spiro atoms. The zero-order chi connectivity index (χ0) is 16.6. The number of halogens is 3. The number of hydrogen-bond donors (Lipinski definition) is 0. The molecule has 3 rings (SSSR count). The number of thiophene rings is 1. The Kier molecular flexibility index (Phi) is 5.08. The van der Waals surface area contributed by atoms with Crippen LogP contribution < -0.4 is 0 Å². The quantitative estimate of drug-likeness (QED) is 0.345. The lowest BCUT2D eigenvalue weighted by Crippen LogP contribution is -2.38. The average Bonchev–Trinajstić information content (AvgIpc) is 2.93. The predicted octanol–water partition coefficient (Wildman–Crippen LogP) is 5.29. The maximum atomic E-state index is 13.3. The van der Waals surface area contributed by atoms with Crippen LogP contribution in [-0.4, -0.2) is 17.4 Å². The van der Waals surface area contributed by atoms with Crippen molar-refractivity contribution in [3.63, 3.8) is 0 Å². The number of amides is 1. The first-order chi connectivity index (χ1) is 11.0. The van der Waals surface area contributed by atoms with Gasteiger partial charge in [-0.15, -0.1) is 11.3 Å². The van der Waals surface area contributed by atoms with Crippen molar-refractivity contribution < 1.29 is 9.18 Å². The smallest absolute Gasteiger partial charge is 0.282 e. The SMILES string of the molecule is C=C(F)C(=O)N1Cc2sc(Cl)cc2[C@H](c2ccccc2CI)C1. The van der Waals surface area contributed by atoms with Gasteiger partial charge < -0.3 is 4.90 Å². The van der Waals surface area contributed by atoms with Gasteiger partial charge in [0.25, 0.3) is 5.91 Å². The Morgan fingerprint density at radius 2 is 2.17 bits per heavy atom. The van der Waals surface area contributed by atoms with Crippen LogP contribution in [0.25, 0.3) is 0 Å². The molecule has 0 saturated carbocycles. The van der Waals surface area contributed by atoms with Gasteiger partial charge >= 0.3 is 0 Å². The van der Waals surface area contributed by atoms with E-state index in [1.54, 1.807) is 0 Å². The minimum Gasteiger partial charge on any atom is -0.331 e. The van der Waals surface area contributed by atoms with Crippen molar-refractivity contribution in [3.05, 3.63) is 68.6 Å². The topological polar surface area (TPSA) is 20.3 Å². The molecular weight excluding hydrogens is 448 g/mol. The first-order valence-corrected chi connectivity index (χ1v) is 9.78. The Hall–Kier alpha value is -0.920. The number of carbonyl (C=O) groups is 1. The molecule has 1 aromatic carbocycles. The molecule has 1 aliphatic rings. The summed E-state index contributed by atoms with van der Waals surface area (Å²) in [5.41, 5.74) is 3.53. The maximum absolute atomic E-state index is 13.3. The summed E-state index contributed by atoms with van der Waals surface area (Å²) in [7, 11) is 0. The zero-order valence-electron chi connectivity index (χ0n) is 12.2. The fraction of sp³-hybridized carbons (Fsp3) is 0.235. The second-order valence-corrected chi connectivity index (χ2v) is 7.94. The molecule has 1 atom stereocenters. The summed E-state index contributed by atoms with van der Waals surface area (Å²) in [6.45, 7) is 3.97. The van der Waals surface area contributed by atoms with Crippen LogP contribution >= 0.6 is 45.5 Å². The van der Waals surface area contributed by atoms with E-state index in [0.29, 0.717) is 17.4 Å². The predicted molar refractivity (Wildman–Crippen MR) is 101 cm³/mol. The van der Waals surface area contributed by atoms with Crippen molar-refractivity contribution in [2.24, 2.45) is 0 Å². The van der Waals surface area contributed by atoms with Gasteiger partial charge in [0.1, 0.15) is 0 Å². The molecule has 0 fully saturated rings. The number of rotatable bonds is 3. The number of hydrogen-bond acceptors (Lipinski definition) is 2. The normalized spacial score (nSPS) is 17.0. The van der Waals surface area contributed by atoms with Crippen molar-refractivity contribution >= 4 is 51.4 Å². The Morgan fingerprint density at radius 3 is 2.87 bits per heavy atom. The van der Waals surface area contributed by atoms with Crippen molar-refractivity contribution in [1.82, 2.24) is 4.90 Å². The lowest BCUT2D eigenvalue weighted by Gasteiger charge is -2.33. The lowest BCUT2D eigenvalue weighted by molar-refractivity contribution is -0.129. The molecule has 2 heterocycles. The number of fused-ring (bicyclic) bond motifs is 1. The van der Waals surface area contributed by atoms with Crippen LogP contribution in [0.4, 0.5) is 4.39 Å². The van der Waals surface area contributed by atoms with Crippen molar-refractivity contribution in [3.8, 4) is 0 Å². The highest BCUT2D eigenvalue weighted by Gasteiger charge is 2.32. The Morgan fingerprint density at radius 1 is 1.43 bits per heavy atom. The minimum atomic E-state index is -0.919. The van der Waals surface area contributed by atoms with E-state index in [-0.39, 0.29) is 5.92 Å². The zero-order valence-corrected chi connectivity index (χ0v) is 15.9. The van der Waals surface area contributed by atoms with Gasteiger partial charge in [-0.1, -0.05) is 65.0 Å². The molecule has 0 radical (unpaired) electrons. The van der Waals surface area contributed by atoms with Crippen molar-refractivity contribution in [1.29, 1.82) is 0 Å². The van der Waals surface area contributed by atoms with E-state index in [1.165, 1.54) is 27.4 Å². The van der Waals surface area contributed by atoms with E-state index in [2.05, 4.69) is 41.3 Å². The van der Waals surface area contributed by atoms with Crippen LogP contribution in [0, 0.1) is 0 Å². The van der Waals surface area contributed by atoms with Gasteiger partial charge in [-0.2, -0.15) is 0 Å². The van der Waals surface area contributed by atoms with Crippen LogP contribution in [0.1, 0.15) is 27.5 Å². The third-order valence-electron chi connectivity index (χ3n) is 4.02. The number of alkyl halides is 1. The third kappa shape index (κ3) is 3.32. The van der Waals surface area contributed by atoms with Gasteiger partial charge in [0, 0.05) is 21.8 Å². The summed E-state index contributed by atoms with van der Waals surface area (Å²) < 4.78 is 14.9. The van der Waals surface area contributed by atoms with Crippen LogP contribution in [-0.2, 0) is 15.8 Å². The van der Waals surface area contributed by atoms with Gasteiger partial charge in [0.15, 0.2) is 5.83 Å². The van der Waals surface area contributed by atoms with Gasteiger partial charge in [0.2, 0.25) is 0 Å². The Bertz CT molecular complexity index is 776. The minimum absolute atomic E-state index is 0.0109. The molecule has 1 aromatic heterocycles. The molecule has 2 nitrogen and oxygen atoms in total. The van der Waals surface area contributed by atoms with E-state index in [0.717, 1.165) is 14.9 Å². The molecule has 2 aromatic rings. The van der Waals surface area contributed by atoms with E-state index in [1.807, 2.05) is 18.2 Å². The van der Waals surface area contributed by atoms with Gasteiger partial charge in [-0.3, -0.25) is 4.79 Å². The molecule has 6 heteroatoms. The maximum Gasteiger partial charge on any atom is 0.282 e. The molecule has 0 unspecified atom stereocenters. The highest BCUT2D eigenvalue weighted by molar-refractivity contribution is 14.1. The standard InChI is InChI=1S/C17H14ClFINOS/c1-10(19)17(22)21-8-14(12-5-3-2-4-11(12)7-20)13-6-16(18)23-15(13)9-21/h2-6,14H,1,7-9H2/t14-/m0/s1.